The van der Waals surface area contributed by atoms with Crippen LogP contribution < -0.4 is 5.63 Å². The highest BCUT2D eigenvalue weighted by molar-refractivity contribution is 5.84. The van der Waals surface area contributed by atoms with Crippen LogP contribution in [0.25, 0.3) is 11.0 Å². The number of piperidine rings is 1. The highest BCUT2D eigenvalue weighted by Gasteiger charge is 2.22. The topological polar surface area (TPSA) is 53.7 Å². The van der Waals surface area contributed by atoms with Crippen molar-refractivity contribution in [2.75, 3.05) is 13.1 Å². The summed E-state index contributed by atoms with van der Waals surface area (Å²) in [4.78, 5) is 14.3. The Labute approximate surface area is 130 Å². The third kappa shape index (κ3) is 2.88. The van der Waals surface area contributed by atoms with Crippen LogP contribution in [-0.2, 0) is 6.54 Å². The van der Waals surface area contributed by atoms with Crippen molar-refractivity contribution in [1.29, 1.82) is 0 Å². The van der Waals surface area contributed by atoms with E-state index in [0.717, 1.165) is 30.6 Å². The number of benzene rings is 1. The minimum Gasteiger partial charge on any atom is -0.508 e. The van der Waals surface area contributed by atoms with Gasteiger partial charge in [0.2, 0.25) is 0 Å². The van der Waals surface area contributed by atoms with Crippen LogP contribution in [0, 0.1) is 18.8 Å². The number of hydrogen-bond acceptors (Lipinski definition) is 4. The lowest BCUT2D eigenvalue weighted by atomic mass is 9.91. The van der Waals surface area contributed by atoms with Gasteiger partial charge in [-0.3, -0.25) is 4.90 Å². The first-order valence-corrected chi connectivity index (χ1v) is 7.91. The summed E-state index contributed by atoms with van der Waals surface area (Å²) >= 11 is 0. The zero-order valence-corrected chi connectivity index (χ0v) is 13.4. The van der Waals surface area contributed by atoms with Gasteiger partial charge in [0.1, 0.15) is 11.3 Å². The van der Waals surface area contributed by atoms with Crippen molar-refractivity contribution in [3.05, 3.63) is 39.7 Å². The lowest BCUT2D eigenvalue weighted by Gasteiger charge is -2.35. The summed E-state index contributed by atoms with van der Waals surface area (Å²) in [5.41, 5.74) is 1.75. The molecule has 0 unspecified atom stereocenters. The first-order valence-electron chi connectivity index (χ1n) is 7.91. The molecular weight excluding hydrogens is 278 g/mol. The molecule has 118 valence electrons. The molecular formula is C18H23NO3. The van der Waals surface area contributed by atoms with Gasteiger partial charge in [-0.25, -0.2) is 4.79 Å². The fraction of sp³-hybridized carbons (Fsp3) is 0.500. The summed E-state index contributed by atoms with van der Waals surface area (Å²) in [5, 5.41) is 10.7. The van der Waals surface area contributed by atoms with E-state index in [-0.39, 0.29) is 11.4 Å². The van der Waals surface area contributed by atoms with Crippen molar-refractivity contribution in [3.8, 4) is 5.75 Å². The number of rotatable bonds is 2. The molecule has 2 atom stereocenters. The van der Waals surface area contributed by atoms with Crippen molar-refractivity contribution >= 4 is 11.0 Å². The first kappa shape index (κ1) is 15.1. The quantitative estimate of drug-likeness (QED) is 0.865. The molecule has 1 fully saturated rings. The Hall–Kier alpha value is -1.81. The number of phenolic OH excluding ortho intramolecular Hbond substituents is 1. The predicted octanol–water partition coefficient (Wildman–Crippen LogP) is 3.28. The Morgan fingerprint density at radius 1 is 1.27 bits per heavy atom. The van der Waals surface area contributed by atoms with Gasteiger partial charge in [-0.05, 0) is 42.9 Å². The zero-order chi connectivity index (χ0) is 15.9. The van der Waals surface area contributed by atoms with Gasteiger partial charge in [0.15, 0.2) is 0 Å². The van der Waals surface area contributed by atoms with Crippen LogP contribution in [0.2, 0.25) is 0 Å². The standard InChI is InChI=1S/C18H23NO3/c1-11-6-12(2)9-19(8-11)10-14-7-17(21)22-18-13(3)16(20)5-4-15(14)18/h4-5,7,11-12,20H,6,8-10H2,1-3H3/t11-,12+. The molecule has 1 aromatic carbocycles. The smallest absolute Gasteiger partial charge is 0.336 e. The molecule has 1 aliphatic heterocycles. The van der Waals surface area contributed by atoms with Gasteiger partial charge in [0.05, 0.1) is 0 Å². The van der Waals surface area contributed by atoms with E-state index in [1.165, 1.54) is 6.42 Å². The SMILES string of the molecule is Cc1c(O)ccc2c(CN3C[C@H](C)C[C@H](C)C3)cc(=O)oc12. The van der Waals surface area contributed by atoms with E-state index in [9.17, 15) is 9.90 Å². The van der Waals surface area contributed by atoms with Gasteiger partial charge in [-0.2, -0.15) is 0 Å². The molecule has 2 aromatic rings. The molecule has 0 spiro atoms. The maximum Gasteiger partial charge on any atom is 0.336 e. The van der Waals surface area contributed by atoms with Crippen LogP contribution >= 0.6 is 0 Å². The molecule has 2 heterocycles. The molecule has 3 rings (SSSR count). The number of hydrogen-bond donors (Lipinski definition) is 1. The highest BCUT2D eigenvalue weighted by atomic mass is 16.4. The zero-order valence-electron chi connectivity index (χ0n) is 13.4. The molecule has 4 heteroatoms. The number of aromatic hydroxyl groups is 1. The van der Waals surface area contributed by atoms with E-state index in [0.29, 0.717) is 23.0 Å². The van der Waals surface area contributed by atoms with Crippen LogP contribution in [0.15, 0.2) is 27.4 Å². The third-order valence-corrected chi connectivity index (χ3v) is 4.56. The van der Waals surface area contributed by atoms with Crippen molar-refractivity contribution < 1.29 is 9.52 Å². The molecule has 1 aliphatic rings. The van der Waals surface area contributed by atoms with E-state index in [2.05, 4.69) is 18.7 Å². The Morgan fingerprint density at radius 2 is 1.95 bits per heavy atom. The molecule has 1 N–H and O–H groups in total. The average molecular weight is 301 g/mol. The Morgan fingerprint density at radius 3 is 2.64 bits per heavy atom. The largest absolute Gasteiger partial charge is 0.508 e. The Balaban J connectivity index is 2.00. The summed E-state index contributed by atoms with van der Waals surface area (Å²) in [6.45, 7) is 9.20. The monoisotopic (exact) mass is 301 g/mol. The summed E-state index contributed by atoms with van der Waals surface area (Å²) < 4.78 is 5.31. The summed E-state index contributed by atoms with van der Waals surface area (Å²) in [6, 6.07) is 5.10. The maximum atomic E-state index is 11.9. The van der Waals surface area contributed by atoms with Crippen LogP contribution in [0.5, 0.6) is 5.75 Å². The van der Waals surface area contributed by atoms with Crippen molar-refractivity contribution in [2.24, 2.45) is 11.8 Å². The van der Waals surface area contributed by atoms with Gasteiger partial charge >= 0.3 is 5.63 Å². The third-order valence-electron chi connectivity index (χ3n) is 4.56. The molecule has 4 nitrogen and oxygen atoms in total. The fourth-order valence-electron chi connectivity index (χ4n) is 3.71. The minimum absolute atomic E-state index is 0.160. The number of fused-ring (bicyclic) bond motifs is 1. The van der Waals surface area contributed by atoms with Crippen LogP contribution in [0.1, 0.15) is 31.4 Å². The number of phenols is 1. The van der Waals surface area contributed by atoms with Gasteiger partial charge < -0.3 is 9.52 Å². The van der Waals surface area contributed by atoms with E-state index in [1.54, 1.807) is 19.1 Å². The summed E-state index contributed by atoms with van der Waals surface area (Å²) in [7, 11) is 0. The second kappa shape index (κ2) is 5.76. The van der Waals surface area contributed by atoms with Gasteiger partial charge in [-0.15, -0.1) is 0 Å². The van der Waals surface area contributed by atoms with E-state index < -0.39 is 0 Å². The van der Waals surface area contributed by atoms with Crippen LogP contribution in [0.4, 0.5) is 0 Å². The van der Waals surface area contributed by atoms with Crippen molar-refractivity contribution in [2.45, 2.75) is 33.7 Å². The highest BCUT2D eigenvalue weighted by Crippen LogP contribution is 2.29. The first-order chi connectivity index (χ1) is 10.4. The van der Waals surface area contributed by atoms with Crippen molar-refractivity contribution in [1.82, 2.24) is 4.90 Å². The van der Waals surface area contributed by atoms with Gasteiger partial charge in [0.25, 0.3) is 0 Å². The van der Waals surface area contributed by atoms with Gasteiger partial charge in [-0.1, -0.05) is 13.8 Å². The molecule has 22 heavy (non-hydrogen) atoms. The lowest BCUT2D eigenvalue weighted by molar-refractivity contribution is 0.134. The van der Waals surface area contributed by atoms with Crippen molar-refractivity contribution in [3.63, 3.8) is 0 Å². The number of nitrogens with zero attached hydrogens (tertiary/aromatic N) is 1. The molecule has 0 aliphatic carbocycles. The number of aryl methyl sites for hydroxylation is 1. The fourth-order valence-corrected chi connectivity index (χ4v) is 3.71. The van der Waals surface area contributed by atoms with E-state index in [4.69, 9.17) is 4.42 Å². The molecule has 0 saturated carbocycles. The summed E-state index contributed by atoms with van der Waals surface area (Å²) in [5.74, 6) is 1.52. The van der Waals surface area contributed by atoms with Gasteiger partial charge in [0, 0.05) is 36.7 Å². The molecule has 1 saturated heterocycles. The Bertz CT molecular complexity index is 740. The second-order valence-electron chi connectivity index (χ2n) is 6.82. The second-order valence-corrected chi connectivity index (χ2v) is 6.82. The molecule has 1 aromatic heterocycles. The number of likely N-dealkylation sites (tertiary alicyclic amines) is 1. The lowest BCUT2D eigenvalue weighted by Crippen LogP contribution is -2.38. The normalized spacial score (nSPS) is 23.0. The Kier molecular flexibility index (Phi) is 3.96. The molecule has 0 bridgehead atoms. The van der Waals surface area contributed by atoms with E-state index in [1.807, 2.05) is 6.07 Å². The molecule has 0 radical (unpaired) electrons. The predicted molar refractivity (Wildman–Crippen MR) is 87.1 cm³/mol. The molecule has 0 amide bonds. The minimum atomic E-state index is -0.352. The maximum absolute atomic E-state index is 11.9. The van der Waals surface area contributed by atoms with Crippen LogP contribution in [-0.4, -0.2) is 23.1 Å². The average Bonchev–Trinajstić information content (AvgIpc) is 2.42. The summed E-state index contributed by atoms with van der Waals surface area (Å²) in [6.07, 6.45) is 1.27. The van der Waals surface area contributed by atoms with Crippen LogP contribution in [0.3, 0.4) is 0 Å². The van der Waals surface area contributed by atoms with E-state index >= 15 is 0 Å².